The topological polar surface area (TPSA) is 25.8 Å². The zero-order valence-corrected chi connectivity index (χ0v) is 10.4. The Morgan fingerprint density at radius 3 is 2.38 bits per heavy atom. The van der Waals surface area contributed by atoms with Gasteiger partial charge in [0.25, 0.3) is 0 Å². The van der Waals surface area contributed by atoms with Gasteiger partial charge in [-0.3, -0.25) is 9.97 Å². The van der Waals surface area contributed by atoms with Gasteiger partial charge in [0.05, 0.1) is 5.52 Å². The second kappa shape index (κ2) is 4.20. The molecule has 2 rings (SSSR count). The molecule has 2 heteroatoms. The zero-order chi connectivity index (χ0) is 11.7. The maximum Gasteiger partial charge on any atom is 0.0735 e. The van der Waals surface area contributed by atoms with Gasteiger partial charge in [-0.05, 0) is 29.0 Å². The van der Waals surface area contributed by atoms with Crippen molar-refractivity contribution in [3.05, 3.63) is 35.8 Å². The van der Waals surface area contributed by atoms with Crippen molar-refractivity contribution in [3.63, 3.8) is 0 Å². The van der Waals surface area contributed by atoms with Crippen LogP contribution in [0.1, 0.15) is 50.7 Å². The third-order valence-corrected chi connectivity index (χ3v) is 2.94. The van der Waals surface area contributed by atoms with Crippen molar-refractivity contribution in [1.29, 1.82) is 0 Å². The second-order valence-electron chi connectivity index (χ2n) is 4.83. The average molecular weight is 214 g/mol. The van der Waals surface area contributed by atoms with Gasteiger partial charge in [0.15, 0.2) is 0 Å². The fraction of sp³-hybridized carbons (Fsp3) is 0.429. The van der Waals surface area contributed by atoms with Crippen LogP contribution in [-0.2, 0) is 0 Å². The van der Waals surface area contributed by atoms with Crippen LogP contribution in [0.15, 0.2) is 24.7 Å². The third-order valence-electron chi connectivity index (χ3n) is 2.94. The molecule has 0 atom stereocenters. The summed E-state index contributed by atoms with van der Waals surface area (Å²) in [6.07, 6.45) is 5.75. The standard InChI is InChI=1S/C14H18N2/c1-9(2)11-8-16-13-5-6-15-7-12(13)14(11)10(3)4/h5-10H,1-4H3. The fourth-order valence-corrected chi connectivity index (χ4v) is 2.18. The summed E-state index contributed by atoms with van der Waals surface area (Å²) in [7, 11) is 0. The van der Waals surface area contributed by atoms with E-state index >= 15 is 0 Å². The number of pyridine rings is 2. The fourth-order valence-electron chi connectivity index (χ4n) is 2.18. The van der Waals surface area contributed by atoms with Gasteiger partial charge in [0.2, 0.25) is 0 Å². The van der Waals surface area contributed by atoms with Gasteiger partial charge in [-0.2, -0.15) is 0 Å². The number of aromatic nitrogens is 2. The van der Waals surface area contributed by atoms with E-state index < -0.39 is 0 Å². The van der Waals surface area contributed by atoms with E-state index in [1.54, 1.807) is 6.20 Å². The predicted molar refractivity (Wildman–Crippen MR) is 67.7 cm³/mol. The lowest BCUT2D eigenvalue weighted by molar-refractivity contribution is 0.792. The lowest BCUT2D eigenvalue weighted by atomic mass is 9.90. The first-order chi connectivity index (χ1) is 7.61. The summed E-state index contributed by atoms with van der Waals surface area (Å²) in [5, 5.41) is 1.20. The Morgan fingerprint density at radius 1 is 1.00 bits per heavy atom. The van der Waals surface area contributed by atoms with Gasteiger partial charge in [-0.15, -0.1) is 0 Å². The Morgan fingerprint density at radius 2 is 1.75 bits per heavy atom. The highest BCUT2D eigenvalue weighted by molar-refractivity contribution is 5.82. The summed E-state index contributed by atoms with van der Waals surface area (Å²) < 4.78 is 0. The molecule has 0 aliphatic rings. The first-order valence-corrected chi connectivity index (χ1v) is 5.83. The highest BCUT2D eigenvalue weighted by Crippen LogP contribution is 2.31. The SMILES string of the molecule is CC(C)c1cnc2ccncc2c1C(C)C. The summed E-state index contributed by atoms with van der Waals surface area (Å²) in [6, 6.07) is 1.98. The summed E-state index contributed by atoms with van der Waals surface area (Å²) in [5.74, 6) is 1.02. The van der Waals surface area contributed by atoms with Gasteiger partial charge in [0.1, 0.15) is 0 Å². The molecule has 0 saturated carbocycles. The van der Waals surface area contributed by atoms with E-state index in [9.17, 15) is 0 Å². The Hall–Kier alpha value is -1.44. The van der Waals surface area contributed by atoms with E-state index in [4.69, 9.17) is 0 Å². The molecule has 0 amide bonds. The van der Waals surface area contributed by atoms with Crippen LogP contribution in [-0.4, -0.2) is 9.97 Å². The summed E-state index contributed by atoms with van der Waals surface area (Å²) in [5.41, 5.74) is 3.78. The smallest absolute Gasteiger partial charge is 0.0735 e. The van der Waals surface area contributed by atoms with E-state index in [0.717, 1.165) is 5.52 Å². The molecule has 0 N–H and O–H groups in total. The average Bonchev–Trinajstić information content (AvgIpc) is 2.27. The van der Waals surface area contributed by atoms with Crippen LogP contribution in [0.4, 0.5) is 0 Å². The molecule has 0 spiro atoms. The van der Waals surface area contributed by atoms with Gasteiger partial charge in [-0.1, -0.05) is 27.7 Å². The van der Waals surface area contributed by atoms with Crippen LogP contribution in [0, 0.1) is 0 Å². The molecule has 0 aliphatic heterocycles. The highest BCUT2D eigenvalue weighted by Gasteiger charge is 2.14. The lowest BCUT2D eigenvalue weighted by Gasteiger charge is -2.17. The molecule has 84 valence electrons. The number of rotatable bonds is 2. The molecular weight excluding hydrogens is 196 g/mol. The molecule has 2 aromatic heterocycles. The number of hydrogen-bond acceptors (Lipinski definition) is 2. The molecule has 16 heavy (non-hydrogen) atoms. The lowest BCUT2D eigenvalue weighted by Crippen LogP contribution is -2.01. The van der Waals surface area contributed by atoms with Gasteiger partial charge < -0.3 is 0 Å². The summed E-state index contributed by atoms with van der Waals surface area (Å²) in [6.45, 7) is 8.89. The predicted octanol–water partition coefficient (Wildman–Crippen LogP) is 3.88. The molecule has 2 aromatic rings. The first kappa shape index (κ1) is 11.1. The van der Waals surface area contributed by atoms with Crippen LogP contribution in [0.3, 0.4) is 0 Å². The minimum Gasteiger partial charge on any atom is -0.264 e. The molecule has 2 heterocycles. The molecule has 0 aliphatic carbocycles. The molecule has 0 saturated heterocycles. The summed E-state index contributed by atoms with van der Waals surface area (Å²) >= 11 is 0. The minimum atomic E-state index is 0.507. The van der Waals surface area contributed by atoms with Crippen LogP contribution < -0.4 is 0 Å². The molecular formula is C14H18N2. The zero-order valence-electron chi connectivity index (χ0n) is 10.4. The van der Waals surface area contributed by atoms with Crippen molar-refractivity contribution in [2.45, 2.75) is 39.5 Å². The Kier molecular flexibility index (Phi) is 2.90. The van der Waals surface area contributed by atoms with Crippen LogP contribution in [0.5, 0.6) is 0 Å². The first-order valence-electron chi connectivity index (χ1n) is 5.83. The largest absolute Gasteiger partial charge is 0.264 e. The van der Waals surface area contributed by atoms with Crippen molar-refractivity contribution < 1.29 is 0 Å². The molecule has 2 nitrogen and oxygen atoms in total. The monoisotopic (exact) mass is 214 g/mol. The molecule has 0 radical (unpaired) electrons. The number of hydrogen-bond donors (Lipinski definition) is 0. The highest BCUT2D eigenvalue weighted by atomic mass is 14.7. The van der Waals surface area contributed by atoms with Crippen LogP contribution >= 0.6 is 0 Å². The third kappa shape index (κ3) is 1.80. The van der Waals surface area contributed by atoms with Crippen molar-refractivity contribution in [1.82, 2.24) is 9.97 Å². The Balaban J connectivity index is 2.79. The van der Waals surface area contributed by atoms with Crippen molar-refractivity contribution in [3.8, 4) is 0 Å². The maximum absolute atomic E-state index is 4.51. The quantitative estimate of drug-likeness (QED) is 0.758. The Labute approximate surface area is 96.7 Å². The minimum absolute atomic E-state index is 0.507. The van der Waals surface area contributed by atoms with Crippen molar-refractivity contribution in [2.75, 3.05) is 0 Å². The molecule has 0 unspecified atom stereocenters. The van der Waals surface area contributed by atoms with Crippen molar-refractivity contribution >= 4 is 10.9 Å². The van der Waals surface area contributed by atoms with E-state index in [1.165, 1.54) is 16.5 Å². The van der Waals surface area contributed by atoms with Gasteiger partial charge >= 0.3 is 0 Å². The van der Waals surface area contributed by atoms with Crippen LogP contribution in [0.25, 0.3) is 10.9 Å². The summed E-state index contributed by atoms with van der Waals surface area (Å²) in [4.78, 5) is 8.72. The Bertz CT molecular complexity index is 501. The van der Waals surface area contributed by atoms with E-state index in [-0.39, 0.29) is 0 Å². The second-order valence-corrected chi connectivity index (χ2v) is 4.83. The van der Waals surface area contributed by atoms with E-state index in [1.807, 2.05) is 18.5 Å². The van der Waals surface area contributed by atoms with Gasteiger partial charge in [-0.25, -0.2) is 0 Å². The van der Waals surface area contributed by atoms with E-state index in [0.29, 0.717) is 11.8 Å². The van der Waals surface area contributed by atoms with Gasteiger partial charge in [0, 0.05) is 24.0 Å². The number of nitrogens with zero attached hydrogens (tertiary/aromatic N) is 2. The molecule has 0 aromatic carbocycles. The number of fused-ring (bicyclic) bond motifs is 1. The molecule has 0 bridgehead atoms. The molecule has 0 fully saturated rings. The van der Waals surface area contributed by atoms with Crippen LogP contribution in [0.2, 0.25) is 0 Å². The van der Waals surface area contributed by atoms with Crippen molar-refractivity contribution in [2.24, 2.45) is 0 Å². The maximum atomic E-state index is 4.51. The van der Waals surface area contributed by atoms with E-state index in [2.05, 4.69) is 37.7 Å². The normalized spacial score (nSPS) is 11.6.